The fraction of sp³-hybridized carbons (Fsp3) is 0.621. The van der Waals surface area contributed by atoms with Gasteiger partial charge in [-0.2, -0.15) is 0 Å². The topological polar surface area (TPSA) is 148 Å². The van der Waals surface area contributed by atoms with Gasteiger partial charge in [0.15, 0.2) is 0 Å². The van der Waals surface area contributed by atoms with Crippen LogP contribution in [0.2, 0.25) is 0 Å². The lowest BCUT2D eigenvalue weighted by Gasteiger charge is -2.35. The number of nitrogens with zero attached hydrogens (tertiary/aromatic N) is 1. The number of piperidine rings is 1. The number of nitrogens with two attached hydrogens (primary N) is 1. The van der Waals surface area contributed by atoms with Crippen molar-refractivity contribution in [1.29, 1.82) is 0 Å². The van der Waals surface area contributed by atoms with Gasteiger partial charge in [-0.1, -0.05) is 37.1 Å². The van der Waals surface area contributed by atoms with Gasteiger partial charge in [-0.25, -0.2) is 4.79 Å². The van der Waals surface area contributed by atoms with Crippen molar-refractivity contribution in [3.63, 3.8) is 0 Å². The number of ether oxygens (including phenoxy) is 1. The number of benzene rings is 1. The molecular formula is C29H36Cl2N4O6. The van der Waals surface area contributed by atoms with Crippen LogP contribution in [0, 0.1) is 23.7 Å². The minimum absolute atomic E-state index is 0.109. The Kier molecular flexibility index (Phi) is 7.78. The second-order valence-corrected chi connectivity index (χ2v) is 14.2. The number of Topliss-reactive ketones (excluding diaryl/α,β-unsaturated/α-hetero) is 1. The Bertz CT molecular complexity index is 1250. The van der Waals surface area contributed by atoms with E-state index in [2.05, 4.69) is 10.6 Å². The first-order valence-electron chi connectivity index (χ1n) is 14.1. The van der Waals surface area contributed by atoms with E-state index in [0.717, 1.165) is 24.0 Å². The van der Waals surface area contributed by atoms with E-state index in [-0.39, 0.29) is 24.3 Å². The molecule has 4 N–H and O–H groups in total. The third-order valence-corrected chi connectivity index (χ3v) is 9.58. The molecule has 222 valence electrons. The number of alkyl carbamates (subject to hydrolysis) is 1. The molecule has 0 radical (unpaired) electrons. The maximum absolute atomic E-state index is 14.2. The number of halogens is 2. The Morgan fingerprint density at radius 2 is 1.68 bits per heavy atom. The van der Waals surface area contributed by atoms with Gasteiger partial charge < -0.3 is 26.0 Å². The van der Waals surface area contributed by atoms with Gasteiger partial charge >= 0.3 is 6.09 Å². The second-order valence-electron chi connectivity index (χ2n) is 12.8. The van der Waals surface area contributed by atoms with Crippen LogP contribution in [-0.2, 0) is 36.8 Å². The second kappa shape index (κ2) is 10.8. The van der Waals surface area contributed by atoms with Crippen LogP contribution in [0.25, 0.3) is 0 Å². The molecule has 10 nitrogen and oxygen atoms in total. The summed E-state index contributed by atoms with van der Waals surface area (Å²) in [5, 5.41) is 5.45. The molecule has 2 saturated carbocycles. The Hall–Kier alpha value is -2.85. The molecule has 5 rings (SSSR count). The first kappa shape index (κ1) is 29.6. The van der Waals surface area contributed by atoms with Crippen molar-refractivity contribution in [3.8, 4) is 0 Å². The normalized spacial score (nSPS) is 25.9. The summed E-state index contributed by atoms with van der Waals surface area (Å²) in [5.74, 6) is -4.08. The number of amides is 4. The summed E-state index contributed by atoms with van der Waals surface area (Å²) >= 11 is 13.0. The Morgan fingerprint density at radius 1 is 1.07 bits per heavy atom. The predicted octanol–water partition coefficient (Wildman–Crippen LogP) is 2.26. The summed E-state index contributed by atoms with van der Waals surface area (Å²) in [4.78, 5) is 66.5. The van der Waals surface area contributed by atoms with Gasteiger partial charge in [-0.05, 0) is 63.0 Å². The number of primary amides is 1. The fourth-order valence-corrected chi connectivity index (χ4v) is 7.13. The molecule has 0 bridgehead atoms. The lowest BCUT2D eigenvalue weighted by Crippen LogP contribution is -2.60. The van der Waals surface area contributed by atoms with Crippen LogP contribution in [0.5, 0.6) is 0 Å². The highest BCUT2D eigenvalue weighted by Crippen LogP contribution is 2.65. The molecule has 4 aliphatic rings. The number of nitrogens with one attached hydrogen (secondary N) is 2. The van der Waals surface area contributed by atoms with Crippen molar-refractivity contribution < 1.29 is 28.7 Å². The number of likely N-dealkylation sites (tertiary alicyclic amines) is 1. The highest BCUT2D eigenvalue weighted by atomic mass is 35.5. The highest BCUT2D eigenvalue weighted by molar-refractivity contribution is 6.51. The third-order valence-electron chi connectivity index (χ3n) is 8.52. The van der Waals surface area contributed by atoms with Crippen molar-refractivity contribution in [2.24, 2.45) is 29.4 Å². The number of hydrogen-bond acceptors (Lipinski definition) is 6. The molecule has 5 atom stereocenters. The average molecular weight is 608 g/mol. The van der Waals surface area contributed by atoms with Crippen LogP contribution in [-0.4, -0.2) is 69.1 Å². The first-order valence-corrected chi connectivity index (χ1v) is 14.8. The number of fused-ring (bicyclic) bond motifs is 2. The SMILES string of the molecule is CC(C)(C)OC(=O)NC(C(=O)N1CC2C([C@H]1C(=O)NC(CC1CC1)C(=O)C(N)=O)C2(Cl)Cl)C1Cc2ccccc2C1. The van der Waals surface area contributed by atoms with Gasteiger partial charge in [0.1, 0.15) is 22.0 Å². The smallest absolute Gasteiger partial charge is 0.408 e. The quantitative estimate of drug-likeness (QED) is 0.290. The molecule has 1 saturated heterocycles. The van der Waals surface area contributed by atoms with E-state index in [9.17, 15) is 24.0 Å². The van der Waals surface area contributed by atoms with E-state index >= 15 is 0 Å². The first-order chi connectivity index (χ1) is 19.2. The fourth-order valence-electron chi connectivity index (χ4n) is 6.30. The number of carbonyl (C=O) groups excluding carboxylic acids is 5. The molecule has 3 fully saturated rings. The largest absolute Gasteiger partial charge is 0.444 e. The monoisotopic (exact) mass is 606 g/mol. The molecule has 0 aromatic heterocycles. The van der Waals surface area contributed by atoms with Gasteiger partial charge in [0, 0.05) is 18.4 Å². The van der Waals surface area contributed by atoms with E-state index in [1.165, 1.54) is 4.90 Å². The summed E-state index contributed by atoms with van der Waals surface area (Å²) in [6, 6.07) is 4.69. The molecule has 1 aliphatic heterocycles. The van der Waals surface area contributed by atoms with Crippen LogP contribution in [0.3, 0.4) is 0 Å². The summed E-state index contributed by atoms with van der Waals surface area (Å²) < 4.78 is 4.26. The summed E-state index contributed by atoms with van der Waals surface area (Å²) in [6.45, 7) is 5.30. The van der Waals surface area contributed by atoms with Crippen LogP contribution < -0.4 is 16.4 Å². The maximum Gasteiger partial charge on any atom is 0.408 e. The minimum Gasteiger partial charge on any atom is -0.444 e. The standard InChI is InChI=1S/C29H36Cl2N4O6/c1-28(2,3)41-27(40)34-21(17-11-15-6-4-5-7-16(15)12-17)26(39)35-13-18-20(29(18,30)31)22(35)25(38)33-19(10-14-8-9-14)23(36)24(32)37/h4-7,14,17-22H,8-13H2,1-3H3,(H2,32,37)(H,33,38)(H,34,40)/t18?,19?,20?,21?,22-/m0/s1. The van der Waals surface area contributed by atoms with Gasteiger partial charge in [0.2, 0.25) is 17.6 Å². The number of hydrogen-bond donors (Lipinski definition) is 3. The van der Waals surface area contributed by atoms with Crippen LogP contribution in [0.15, 0.2) is 24.3 Å². The van der Waals surface area contributed by atoms with Crippen molar-refractivity contribution in [2.45, 2.75) is 80.9 Å². The molecule has 1 aromatic rings. The Labute approximate surface area is 249 Å². The minimum atomic E-state index is -1.21. The molecular weight excluding hydrogens is 571 g/mol. The highest BCUT2D eigenvalue weighted by Gasteiger charge is 2.74. The summed E-state index contributed by atoms with van der Waals surface area (Å²) in [6.07, 6.45) is 2.46. The van der Waals surface area contributed by atoms with E-state index < -0.39 is 63.6 Å². The van der Waals surface area contributed by atoms with E-state index in [0.29, 0.717) is 19.3 Å². The number of rotatable bonds is 9. The molecule has 1 heterocycles. The molecule has 4 amide bonds. The number of carbonyl (C=O) groups is 5. The Morgan fingerprint density at radius 3 is 2.22 bits per heavy atom. The zero-order valence-electron chi connectivity index (χ0n) is 23.3. The molecule has 4 unspecified atom stereocenters. The van der Waals surface area contributed by atoms with Crippen molar-refractivity contribution in [3.05, 3.63) is 35.4 Å². The molecule has 1 aromatic carbocycles. The third kappa shape index (κ3) is 6.18. The van der Waals surface area contributed by atoms with Crippen molar-refractivity contribution >= 4 is 52.8 Å². The summed E-state index contributed by atoms with van der Waals surface area (Å²) in [7, 11) is 0. The molecule has 0 spiro atoms. The van der Waals surface area contributed by atoms with Crippen LogP contribution >= 0.6 is 23.2 Å². The zero-order chi connectivity index (χ0) is 29.9. The maximum atomic E-state index is 14.2. The predicted molar refractivity (Wildman–Crippen MR) is 151 cm³/mol. The van der Waals surface area contributed by atoms with Gasteiger partial charge in [0.25, 0.3) is 5.91 Å². The van der Waals surface area contributed by atoms with Crippen molar-refractivity contribution in [2.75, 3.05) is 6.54 Å². The lowest BCUT2D eigenvalue weighted by molar-refractivity contribution is -0.144. The van der Waals surface area contributed by atoms with Gasteiger partial charge in [0.05, 0.1) is 6.04 Å². The average Bonchev–Trinajstić information content (AvgIpc) is 3.63. The van der Waals surface area contributed by atoms with Crippen LogP contribution in [0.1, 0.15) is 51.2 Å². The van der Waals surface area contributed by atoms with Crippen molar-refractivity contribution in [1.82, 2.24) is 15.5 Å². The van der Waals surface area contributed by atoms with E-state index in [4.69, 9.17) is 33.7 Å². The Balaban J connectivity index is 1.39. The number of ketones is 1. The van der Waals surface area contributed by atoms with Gasteiger partial charge in [-0.15, -0.1) is 23.2 Å². The van der Waals surface area contributed by atoms with Gasteiger partial charge in [-0.3, -0.25) is 19.2 Å². The zero-order valence-corrected chi connectivity index (χ0v) is 24.8. The van der Waals surface area contributed by atoms with E-state index in [1.807, 2.05) is 24.3 Å². The summed E-state index contributed by atoms with van der Waals surface area (Å²) in [5.41, 5.74) is 6.65. The van der Waals surface area contributed by atoms with E-state index in [1.54, 1.807) is 20.8 Å². The molecule has 41 heavy (non-hydrogen) atoms. The number of alkyl halides is 2. The molecule has 12 heteroatoms. The lowest BCUT2D eigenvalue weighted by atomic mass is 9.94. The molecule has 3 aliphatic carbocycles. The van der Waals surface area contributed by atoms with Crippen LogP contribution in [0.4, 0.5) is 4.79 Å².